The number of benzene rings is 9. The summed E-state index contributed by atoms with van der Waals surface area (Å²) in [5.74, 6) is 0.121. The molecular weight excluding hydrogens is 688 g/mol. The average Bonchev–Trinajstić information content (AvgIpc) is 3.27. The van der Waals surface area contributed by atoms with Gasteiger partial charge in [-0.1, -0.05) is 212 Å². The molecule has 0 heterocycles. The molecule has 2 nitrogen and oxygen atoms in total. The highest BCUT2D eigenvalue weighted by atomic mass is 31.2. The van der Waals surface area contributed by atoms with Gasteiger partial charge >= 0.3 is 0 Å². The number of aromatic hydroxyl groups is 1. The Labute approximate surface area is 322 Å². The lowest BCUT2D eigenvalue weighted by atomic mass is 9.78. The van der Waals surface area contributed by atoms with Crippen LogP contribution in [-0.4, -0.2) is 5.11 Å². The average molecular weight is 725 g/mol. The lowest BCUT2D eigenvalue weighted by Crippen LogP contribution is -2.29. The zero-order valence-electron chi connectivity index (χ0n) is 30.1. The highest BCUT2D eigenvalue weighted by Crippen LogP contribution is 2.58. The Morgan fingerprint density at radius 3 is 1.11 bits per heavy atom. The molecule has 0 atom stereocenters. The molecule has 0 spiro atoms. The Hall–Kier alpha value is -6.73. The van der Waals surface area contributed by atoms with Crippen LogP contribution in [0.3, 0.4) is 0 Å². The quantitative estimate of drug-likeness (QED) is 0.158. The van der Waals surface area contributed by atoms with Gasteiger partial charge in [0.05, 0.1) is 0 Å². The molecule has 0 radical (unpaired) electrons. The van der Waals surface area contributed by atoms with Crippen molar-refractivity contribution >= 4 is 33.8 Å². The molecule has 0 unspecified atom stereocenters. The van der Waals surface area contributed by atoms with Crippen molar-refractivity contribution in [2.75, 3.05) is 0 Å². The maximum atomic E-state index is 17.4. The standard InChI is InChI=1S/C52H37O2P/c53-45-36-35-37-21-19-20-34-44(37)50(45)51-48(40-26-11-3-12-27-40)46(38-22-7-1-8-23-38)47(39-24-9-2-10-25-39)49(41-28-13-4-14-29-41)52(51)55(54,42-30-15-5-16-31-42)43-32-17-6-18-33-43/h1-36,53H. The molecule has 0 aliphatic carbocycles. The van der Waals surface area contributed by atoms with Crippen molar-refractivity contribution in [3.8, 4) is 61.4 Å². The van der Waals surface area contributed by atoms with Crippen LogP contribution >= 0.6 is 7.14 Å². The number of hydrogen-bond acceptors (Lipinski definition) is 2. The summed E-state index contributed by atoms with van der Waals surface area (Å²) in [5.41, 5.74) is 9.03. The maximum absolute atomic E-state index is 17.4. The van der Waals surface area contributed by atoms with Crippen LogP contribution < -0.4 is 15.9 Å². The summed E-state index contributed by atoms with van der Waals surface area (Å²) in [6.45, 7) is 0. The molecule has 9 aromatic carbocycles. The maximum Gasteiger partial charge on any atom is 0.172 e. The van der Waals surface area contributed by atoms with E-state index in [0.29, 0.717) is 21.5 Å². The molecular formula is C52H37O2P. The summed E-state index contributed by atoms with van der Waals surface area (Å²) < 4.78 is 17.4. The van der Waals surface area contributed by atoms with Crippen LogP contribution in [0, 0.1) is 0 Å². The second-order valence-electron chi connectivity index (χ2n) is 13.6. The van der Waals surface area contributed by atoms with Crippen molar-refractivity contribution in [1.29, 1.82) is 0 Å². The van der Waals surface area contributed by atoms with E-state index in [1.54, 1.807) is 6.07 Å². The fourth-order valence-electron chi connectivity index (χ4n) is 8.07. The molecule has 0 fully saturated rings. The predicted molar refractivity (Wildman–Crippen MR) is 232 cm³/mol. The summed E-state index contributed by atoms with van der Waals surface area (Å²) in [5, 5.41) is 16.3. The fraction of sp³-hybridized carbons (Fsp3) is 0. The van der Waals surface area contributed by atoms with E-state index < -0.39 is 7.14 Å². The van der Waals surface area contributed by atoms with Gasteiger partial charge in [0.1, 0.15) is 5.75 Å². The van der Waals surface area contributed by atoms with Gasteiger partial charge in [0, 0.05) is 32.6 Å². The molecule has 1 N–H and O–H groups in total. The first kappa shape index (κ1) is 34.1. The van der Waals surface area contributed by atoms with Crippen molar-refractivity contribution in [2.45, 2.75) is 0 Å². The van der Waals surface area contributed by atoms with Gasteiger partial charge in [-0.15, -0.1) is 0 Å². The SMILES string of the molecule is O=P(c1ccccc1)(c1ccccc1)c1c(-c2ccccc2)c(-c2ccccc2)c(-c2ccccc2)c(-c2ccccc2)c1-c1c(O)ccc2ccccc12. The molecule has 0 bridgehead atoms. The number of phenolic OH excluding ortho intramolecular Hbond substituents is 1. The molecule has 55 heavy (non-hydrogen) atoms. The Morgan fingerprint density at radius 1 is 0.309 bits per heavy atom. The van der Waals surface area contributed by atoms with Gasteiger partial charge in [0.2, 0.25) is 0 Å². The Kier molecular flexibility index (Phi) is 9.04. The third-order valence-corrected chi connectivity index (χ3v) is 13.6. The first-order chi connectivity index (χ1) is 27.1. The second kappa shape index (κ2) is 14.6. The molecule has 3 heteroatoms. The molecule has 0 amide bonds. The van der Waals surface area contributed by atoms with Crippen LogP contribution in [0.1, 0.15) is 0 Å². The Morgan fingerprint density at radius 2 is 0.655 bits per heavy atom. The minimum absolute atomic E-state index is 0.121. The van der Waals surface area contributed by atoms with Crippen molar-refractivity contribution in [3.05, 3.63) is 218 Å². The second-order valence-corrected chi connectivity index (χ2v) is 16.3. The first-order valence-corrected chi connectivity index (χ1v) is 20.2. The van der Waals surface area contributed by atoms with E-state index in [-0.39, 0.29) is 5.75 Å². The zero-order chi connectivity index (χ0) is 37.2. The number of hydrogen-bond donors (Lipinski definition) is 1. The molecule has 0 aromatic heterocycles. The van der Waals surface area contributed by atoms with Gasteiger partial charge < -0.3 is 9.67 Å². The van der Waals surface area contributed by atoms with E-state index in [2.05, 4.69) is 97.1 Å². The minimum Gasteiger partial charge on any atom is -0.507 e. The van der Waals surface area contributed by atoms with E-state index in [0.717, 1.165) is 60.8 Å². The van der Waals surface area contributed by atoms with E-state index >= 15 is 4.57 Å². The Balaban J connectivity index is 1.68. The van der Waals surface area contributed by atoms with Crippen LogP contribution in [0.25, 0.3) is 66.4 Å². The van der Waals surface area contributed by atoms with Crippen LogP contribution in [0.4, 0.5) is 0 Å². The van der Waals surface area contributed by atoms with Crippen molar-refractivity contribution < 1.29 is 9.67 Å². The fourth-order valence-corrected chi connectivity index (χ4v) is 11.2. The third-order valence-electron chi connectivity index (χ3n) is 10.4. The van der Waals surface area contributed by atoms with E-state index in [9.17, 15) is 5.11 Å². The monoisotopic (exact) mass is 724 g/mol. The van der Waals surface area contributed by atoms with Gasteiger partial charge in [-0.25, -0.2) is 0 Å². The summed E-state index contributed by atoms with van der Waals surface area (Å²) >= 11 is 0. The van der Waals surface area contributed by atoms with Crippen molar-refractivity contribution in [1.82, 2.24) is 0 Å². The van der Waals surface area contributed by atoms with E-state index in [4.69, 9.17) is 0 Å². The summed E-state index contributed by atoms with van der Waals surface area (Å²) in [6.07, 6.45) is 0. The normalized spacial score (nSPS) is 11.4. The van der Waals surface area contributed by atoms with Gasteiger partial charge in [-0.2, -0.15) is 0 Å². The van der Waals surface area contributed by atoms with Crippen LogP contribution in [0.15, 0.2) is 218 Å². The van der Waals surface area contributed by atoms with E-state index in [1.165, 1.54) is 0 Å². The number of phenols is 1. The lowest BCUT2D eigenvalue weighted by Gasteiger charge is -2.33. The highest BCUT2D eigenvalue weighted by Gasteiger charge is 2.40. The number of fused-ring (bicyclic) bond motifs is 1. The largest absolute Gasteiger partial charge is 0.507 e. The summed E-state index contributed by atoms with van der Waals surface area (Å²) in [6, 6.07) is 73.4. The molecule has 0 aliphatic heterocycles. The van der Waals surface area contributed by atoms with Crippen LogP contribution in [0.5, 0.6) is 5.75 Å². The number of rotatable bonds is 8. The highest BCUT2D eigenvalue weighted by molar-refractivity contribution is 7.85. The molecule has 9 rings (SSSR count). The van der Waals surface area contributed by atoms with Gasteiger partial charge in [-0.05, 0) is 55.8 Å². The lowest BCUT2D eigenvalue weighted by molar-refractivity contribution is 0.478. The summed E-state index contributed by atoms with van der Waals surface area (Å²) in [7, 11) is -3.80. The molecule has 9 aromatic rings. The topological polar surface area (TPSA) is 37.3 Å². The smallest absolute Gasteiger partial charge is 0.172 e. The Bertz CT molecular complexity index is 2760. The first-order valence-electron chi connectivity index (χ1n) is 18.5. The van der Waals surface area contributed by atoms with E-state index in [1.807, 2.05) is 115 Å². The minimum atomic E-state index is -3.80. The third kappa shape index (κ3) is 5.98. The molecule has 0 aliphatic rings. The molecule has 0 saturated carbocycles. The van der Waals surface area contributed by atoms with Crippen LogP contribution in [-0.2, 0) is 4.57 Å². The van der Waals surface area contributed by atoms with Gasteiger partial charge in [-0.3, -0.25) is 0 Å². The molecule has 0 saturated heterocycles. The van der Waals surface area contributed by atoms with Crippen LogP contribution in [0.2, 0.25) is 0 Å². The predicted octanol–water partition coefficient (Wildman–Crippen LogP) is 12.5. The van der Waals surface area contributed by atoms with Crippen molar-refractivity contribution in [3.63, 3.8) is 0 Å². The molecule has 262 valence electrons. The summed E-state index contributed by atoms with van der Waals surface area (Å²) in [4.78, 5) is 0. The zero-order valence-corrected chi connectivity index (χ0v) is 31.0. The van der Waals surface area contributed by atoms with Gasteiger partial charge in [0.15, 0.2) is 7.14 Å². The van der Waals surface area contributed by atoms with Crippen molar-refractivity contribution in [2.24, 2.45) is 0 Å². The van der Waals surface area contributed by atoms with Gasteiger partial charge in [0.25, 0.3) is 0 Å².